The van der Waals surface area contributed by atoms with Crippen molar-refractivity contribution in [2.75, 3.05) is 19.7 Å². The van der Waals surface area contributed by atoms with Gasteiger partial charge in [-0.3, -0.25) is 9.78 Å². The van der Waals surface area contributed by atoms with Crippen molar-refractivity contribution in [1.82, 2.24) is 9.88 Å². The molecule has 1 aromatic carbocycles. The molecular weight excluding hydrogens is 304 g/mol. The molecule has 2 aromatic rings. The van der Waals surface area contributed by atoms with Gasteiger partial charge in [-0.15, -0.1) is 0 Å². The molecule has 1 atom stereocenters. The number of hydrogen-bond donors (Lipinski definition) is 0. The number of para-hydroxylation sites is 1. The van der Waals surface area contributed by atoms with Crippen molar-refractivity contribution in [3.05, 3.63) is 41.6 Å². The fourth-order valence-corrected chi connectivity index (χ4v) is 3.19. The summed E-state index contributed by atoms with van der Waals surface area (Å²) in [6.07, 6.45) is 2.15. The summed E-state index contributed by atoms with van der Waals surface area (Å²) in [6.45, 7) is 5.26. The summed E-state index contributed by atoms with van der Waals surface area (Å²) in [6, 6.07) is 9.14. The largest absolute Gasteiger partial charge is 0.452 e. The molecule has 1 aromatic heterocycles. The zero-order chi connectivity index (χ0) is 17.1. The van der Waals surface area contributed by atoms with Gasteiger partial charge >= 0.3 is 5.97 Å². The summed E-state index contributed by atoms with van der Waals surface area (Å²) in [4.78, 5) is 30.9. The predicted octanol–water partition coefficient (Wildman–Crippen LogP) is 2.96. The van der Waals surface area contributed by atoms with Crippen molar-refractivity contribution in [2.24, 2.45) is 5.92 Å². The Morgan fingerprint density at radius 1 is 1.33 bits per heavy atom. The van der Waals surface area contributed by atoms with E-state index in [2.05, 4.69) is 11.9 Å². The van der Waals surface area contributed by atoms with E-state index in [0.29, 0.717) is 11.5 Å². The van der Waals surface area contributed by atoms with Gasteiger partial charge in [-0.05, 0) is 37.8 Å². The Balaban J connectivity index is 1.70. The molecule has 3 rings (SSSR count). The number of piperidine rings is 1. The van der Waals surface area contributed by atoms with Gasteiger partial charge in [-0.1, -0.05) is 25.1 Å². The highest BCUT2D eigenvalue weighted by Gasteiger charge is 2.22. The molecule has 1 aliphatic rings. The Morgan fingerprint density at radius 3 is 2.92 bits per heavy atom. The second kappa shape index (κ2) is 6.99. The molecule has 5 heteroatoms. The molecule has 0 saturated carbocycles. The third-order valence-corrected chi connectivity index (χ3v) is 4.40. The number of carbonyl (C=O) groups excluding carboxylic acids is 2. The average Bonchev–Trinajstić information content (AvgIpc) is 2.58. The molecule has 24 heavy (non-hydrogen) atoms. The number of amides is 1. The molecule has 5 nitrogen and oxygen atoms in total. The van der Waals surface area contributed by atoms with Crippen molar-refractivity contribution >= 4 is 22.8 Å². The van der Waals surface area contributed by atoms with E-state index in [1.807, 2.05) is 31.2 Å². The number of hydrogen-bond acceptors (Lipinski definition) is 4. The van der Waals surface area contributed by atoms with Gasteiger partial charge in [-0.2, -0.15) is 0 Å². The van der Waals surface area contributed by atoms with Gasteiger partial charge in [0.25, 0.3) is 5.91 Å². The van der Waals surface area contributed by atoms with Crippen LogP contribution in [0.4, 0.5) is 0 Å². The highest BCUT2D eigenvalue weighted by Crippen LogP contribution is 2.19. The Labute approximate surface area is 141 Å². The number of esters is 1. The quantitative estimate of drug-likeness (QED) is 0.814. The van der Waals surface area contributed by atoms with E-state index in [1.54, 1.807) is 11.0 Å². The average molecular weight is 326 g/mol. The van der Waals surface area contributed by atoms with E-state index in [0.717, 1.165) is 42.5 Å². The lowest BCUT2D eigenvalue weighted by Crippen LogP contribution is -2.41. The number of ether oxygens (including phenoxy) is 1. The zero-order valence-electron chi connectivity index (χ0n) is 14.1. The van der Waals surface area contributed by atoms with Crippen LogP contribution in [0, 0.1) is 12.8 Å². The van der Waals surface area contributed by atoms with Gasteiger partial charge in [0.2, 0.25) is 0 Å². The minimum absolute atomic E-state index is 0.120. The molecule has 0 spiro atoms. The van der Waals surface area contributed by atoms with Crippen LogP contribution in [0.5, 0.6) is 0 Å². The number of benzene rings is 1. The Morgan fingerprint density at radius 2 is 2.12 bits per heavy atom. The van der Waals surface area contributed by atoms with Gasteiger partial charge in [0.05, 0.1) is 11.1 Å². The number of aryl methyl sites for hydroxylation is 1. The molecule has 126 valence electrons. The SMILES string of the molecule is Cc1cc(C(=O)OCC(=O)N2CCCC(C)C2)c2ccccc2n1. The molecule has 0 aliphatic carbocycles. The van der Waals surface area contributed by atoms with Crippen LogP contribution in [0.15, 0.2) is 30.3 Å². The van der Waals surface area contributed by atoms with Crippen LogP contribution in [-0.2, 0) is 9.53 Å². The van der Waals surface area contributed by atoms with E-state index in [1.165, 1.54) is 0 Å². The van der Waals surface area contributed by atoms with Crippen molar-refractivity contribution in [2.45, 2.75) is 26.7 Å². The van der Waals surface area contributed by atoms with E-state index < -0.39 is 5.97 Å². The summed E-state index contributed by atoms with van der Waals surface area (Å²) >= 11 is 0. The number of fused-ring (bicyclic) bond motifs is 1. The molecule has 1 aliphatic heterocycles. The van der Waals surface area contributed by atoms with Gasteiger partial charge in [0.1, 0.15) is 0 Å². The van der Waals surface area contributed by atoms with Gasteiger partial charge in [0.15, 0.2) is 6.61 Å². The standard InChI is InChI=1S/C19H22N2O3/c1-13-6-5-9-21(11-13)18(22)12-24-19(23)16-10-14(2)20-17-8-4-3-7-15(16)17/h3-4,7-8,10,13H,5-6,9,11-12H2,1-2H3. The molecule has 0 bridgehead atoms. The predicted molar refractivity (Wildman–Crippen MR) is 91.7 cm³/mol. The molecule has 0 N–H and O–H groups in total. The second-order valence-electron chi connectivity index (χ2n) is 6.49. The lowest BCUT2D eigenvalue weighted by atomic mass is 10.0. The summed E-state index contributed by atoms with van der Waals surface area (Å²) in [5.74, 6) is -0.0923. The van der Waals surface area contributed by atoms with Gasteiger partial charge in [-0.25, -0.2) is 4.79 Å². The van der Waals surface area contributed by atoms with E-state index in [-0.39, 0.29) is 12.5 Å². The molecule has 1 unspecified atom stereocenters. The highest BCUT2D eigenvalue weighted by molar-refractivity contribution is 6.04. The molecule has 1 fully saturated rings. The third-order valence-electron chi connectivity index (χ3n) is 4.40. The lowest BCUT2D eigenvalue weighted by Gasteiger charge is -2.30. The second-order valence-corrected chi connectivity index (χ2v) is 6.49. The van der Waals surface area contributed by atoms with Crippen molar-refractivity contribution in [3.63, 3.8) is 0 Å². The monoisotopic (exact) mass is 326 g/mol. The highest BCUT2D eigenvalue weighted by atomic mass is 16.5. The summed E-state index contributed by atoms with van der Waals surface area (Å²) in [5.41, 5.74) is 1.95. The zero-order valence-corrected chi connectivity index (χ0v) is 14.1. The van der Waals surface area contributed by atoms with Crippen molar-refractivity contribution in [3.8, 4) is 0 Å². The summed E-state index contributed by atoms with van der Waals surface area (Å²) < 4.78 is 5.28. The van der Waals surface area contributed by atoms with Crippen LogP contribution in [-0.4, -0.2) is 41.5 Å². The number of pyridine rings is 1. The maximum atomic E-state index is 12.4. The van der Waals surface area contributed by atoms with Crippen molar-refractivity contribution in [1.29, 1.82) is 0 Å². The van der Waals surface area contributed by atoms with Crippen LogP contribution < -0.4 is 0 Å². The molecular formula is C19H22N2O3. The van der Waals surface area contributed by atoms with Crippen LogP contribution in [0.3, 0.4) is 0 Å². The summed E-state index contributed by atoms with van der Waals surface area (Å²) in [5, 5.41) is 0.743. The number of carbonyl (C=O) groups is 2. The maximum absolute atomic E-state index is 12.4. The minimum atomic E-state index is -0.477. The topological polar surface area (TPSA) is 59.5 Å². The normalized spacial score (nSPS) is 17.8. The number of likely N-dealkylation sites (tertiary alicyclic amines) is 1. The first-order valence-electron chi connectivity index (χ1n) is 8.36. The molecule has 1 amide bonds. The summed E-state index contributed by atoms with van der Waals surface area (Å²) in [7, 11) is 0. The fourth-order valence-electron chi connectivity index (χ4n) is 3.19. The Kier molecular flexibility index (Phi) is 4.79. The first-order valence-corrected chi connectivity index (χ1v) is 8.36. The fraction of sp³-hybridized carbons (Fsp3) is 0.421. The first-order chi connectivity index (χ1) is 11.5. The first kappa shape index (κ1) is 16.4. The number of aromatic nitrogens is 1. The molecule has 2 heterocycles. The van der Waals surface area contributed by atoms with Gasteiger partial charge in [0, 0.05) is 24.2 Å². The maximum Gasteiger partial charge on any atom is 0.339 e. The number of nitrogens with zero attached hydrogens (tertiary/aromatic N) is 2. The van der Waals surface area contributed by atoms with E-state index in [4.69, 9.17) is 4.74 Å². The van der Waals surface area contributed by atoms with E-state index in [9.17, 15) is 9.59 Å². The van der Waals surface area contributed by atoms with Gasteiger partial charge < -0.3 is 9.64 Å². The van der Waals surface area contributed by atoms with Crippen LogP contribution in [0.25, 0.3) is 10.9 Å². The van der Waals surface area contributed by atoms with Crippen LogP contribution in [0.1, 0.15) is 35.8 Å². The third kappa shape index (κ3) is 3.55. The minimum Gasteiger partial charge on any atom is -0.452 e. The Hall–Kier alpha value is -2.43. The molecule has 1 saturated heterocycles. The smallest absolute Gasteiger partial charge is 0.339 e. The number of rotatable bonds is 3. The van der Waals surface area contributed by atoms with Crippen LogP contribution >= 0.6 is 0 Å². The van der Waals surface area contributed by atoms with Crippen molar-refractivity contribution < 1.29 is 14.3 Å². The lowest BCUT2D eigenvalue weighted by molar-refractivity contribution is -0.136. The van der Waals surface area contributed by atoms with E-state index >= 15 is 0 Å². The molecule has 0 radical (unpaired) electrons. The van der Waals surface area contributed by atoms with Crippen LogP contribution in [0.2, 0.25) is 0 Å². The Bertz CT molecular complexity index is 772.